The van der Waals surface area contributed by atoms with Crippen LogP contribution >= 0.6 is 0 Å². The zero-order valence-corrected chi connectivity index (χ0v) is 41.9. The predicted octanol–water partition coefficient (Wildman–Crippen LogP) is 17.3. The summed E-state index contributed by atoms with van der Waals surface area (Å²) in [5, 5.41) is 2.01. The van der Waals surface area contributed by atoms with Crippen LogP contribution in [0.1, 0.15) is 36.0 Å². The van der Waals surface area contributed by atoms with Crippen LogP contribution in [-0.2, 0) is 26.5 Å². The van der Waals surface area contributed by atoms with E-state index in [9.17, 15) is 4.11 Å². The Bertz CT molecular complexity index is 3840. The van der Waals surface area contributed by atoms with Crippen LogP contribution in [0.25, 0.3) is 72.1 Å². The van der Waals surface area contributed by atoms with Gasteiger partial charge in [0, 0.05) is 79.4 Å². The Kier molecular flexibility index (Phi) is 11.1. The number of ether oxygens (including phenoxy) is 1. The van der Waals surface area contributed by atoms with E-state index in [0.717, 1.165) is 94.8 Å². The van der Waals surface area contributed by atoms with Crippen LogP contribution in [0.2, 0.25) is 0 Å². The molecule has 9 aromatic carbocycles. The van der Waals surface area contributed by atoms with E-state index in [1.807, 2.05) is 103 Å². The Morgan fingerprint density at radius 2 is 1.14 bits per heavy atom. The average Bonchev–Trinajstić information content (AvgIpc) is 3.97. The minimum Gasteiger partial charge on any atom is -0.509 e. The summed E-state index contributed by atoms with van der Waals surface area (Å²) < 4.78 is 37.0. The molecule has 0 saturated heterocycles. The molecule has 0 atom stereocenters. The molecular weight excluding hydrogens is 1050 g/mol. The summed E-state index contributed by atoms with van der Waals surface area (Å²) >= 11 is 0. The van der Waals surface area contributed by atoms with Gasteiger partial charge in [-0.15, -0.1) is 48.2 Å². The van der Waals surface area contributed by atoms with Gasteiger partial charge in [-0.3, -0.25) is 0 Å². The van der Waals surface area contributed by atoms with Crippen molar-refractivity contribution in [2.75, 3.05) is 9.80 Å². The number of anilines is 4. The molecule has 0 N–H and O–H groups in total. The van der Waals surface area contributed by atoms with Crippen molar-refractivity contribution in [2.24, 2.45) is 0 Å². The molecule has 6 heteroatoms. The molecule has 0 unspecified atom stereocenters. The molecule has 1 aliphatic rings. The quantitative estimate of drug-likeness (QED) is 0.135. The number of pyridine rings is 1. The second-order valence-corrected chi connectivity index (χ2v) is 18.7. The average molecular weight is 1100 g/mol. The molecular formula is C65H49N4OPt-3. The number of benzene rings is 9. The summed E-state index contributed by atoms with van der Waals surface area (Å²) in [4.78, 5) is 9.15. The van der Waals surface area contributed by atoms with Gasteiger partial charge in [0.05, 0.1) is 0 Å². The first kappa shape index (κ1) is 41.9. The predicted molar refractivity (Wildman–Crippen MR) is 289 cm³/mol. The van der Waals surface area contributed by atoms with Crippen molar-refractivity contribution in [2.45, 2.75) is 33.1 Å². The van der Waals surface area contributed by atoms with E-state index in [2.05, 4.69) is 158 Å². The molecule has 0 fully saturated rings. The first-order chi connectivity index (χ1) is 35.5. The summed E-state index contributed by atoms with van der Waals surface area (Å²) in [5.74, 6) is 1.06. The number of aryl methyl sites for hydroxylation is 1. The molecule has 3 heterocycles. The Balaban J connectivity index is 0.00000588. The molecule has 11 aromatic rings. The number of para-hydroxylation sites is 4. The molecule has 0 spiro atoms. The third kappa shape index (κ3) is 8.41. The van der Waals surface area contributed by atoms with Gasteiger partial charge in [0.25, 0.3) is 0 Å². The van der Waals surface area contributed by atoms with Crippen molar-refractivity contribution < 1.29 is 29.9 Å². The van der Waals surface area contributed by atoms with Gasteiger partial charge >= 0.3 is 0 Å². The molecule has 2 aromatic heterocycles. The van der Waals surface area contributed by atoms with E-state index < -0.39 is 0 Å². The Morgan fingerprint density at radius 1 is 0.563 bits per heavy atom. The third-order valence-corrected chi connectivity index (χ3v) is 13.3. The van der Waals surface area contributed by atoms with Gasteiger partial charge < -0.3 is 19.1 Å². The number of rotatable bonds is 9. The van der Waals surface area contributed by atoms with E-state index in [4.69, 9.17) is 9.72 Å². The zero-order valence-electron chi connectivity index (χ0n) is 42.6. The topological polar surface area (TPSA) is 33.5 Å². The maximum Gasteiger partial charge on any atom is 0.135 e. The minimum absolute atomic E-state index is 0. The SMILES string of the molecule is [2H]c1c(Oc2[c-]c3c(c(-c4ccc(C(C)(C)C)cc4)c2)c2ccccc2n3-c2cc(C)c(-c3ccccc3)cn2)[c-]c(N2[CH-]N(c3c(-c4ccccc4)cccc3-c3ccccc3)c3ccccc32)c([2H])c1[2H].[Pt]. The first-order valence-corrected chi connectivity index (χ1v) is 23.6. The fourth-order valence-corrected chi connectivity index (χ4v) is 9.81. The fourth-order valence-electron chi connectivity index (χ4n) is 9.81. The van der Waals surface area contributed by atoms with Gasteiger partial charge in [-0.25, -0.2) is 4.98 Å². The summed E-state index contributed by atoms with van der Waals surface area (Å²) in [6, 6.07) is 72.8. The second kappa shape index (κ2) is 18.7. The number of hydrogen-bond donors (Lipinski definition) is 0. The standard InChI is InChI=1S/C65H49N4O.Pt/c1-44-38-62(66-42-57(44)47-24-12-7-13-25-47)69-58-31-15-14-28-55(58)63-56(48-34-36-49(37-35-48)65(2,3)4)40-52(41-61(63)69)70-51-27-18-26-50(39-51)67-43-68(60-33-17-16-32-59(60)67)64-53(45-20-8-5-9-21-45)29-19-30-54(64)46-22-10-6-11-23-46;/h5-38,40,42-43H,1-4H3;/q-3;/i18D,26D,27D;. The summed E-state index contributed by atoms with van der Waals surface area (Å²) in [6.45, 7) is 10.7. The van der Waals surface area contributed by atoms with Gasteiger partial charge in [0.1, 0.15) is 5.82 Å². The number of fused-ring (bicyclic) bond motifs is 4. The molecule has 0 aliphatic carbocycles. The molecule has 0 amide bonds. The Labute approximate surface area is 434 Å². The third-order valence-electron chi connectivity index (χ3n) is 13.3. The largest absolute Gasteiger partial charge is 0.509 e. The van der Waals surface area contributed by atoms with Crippen LogP contribution in [0.15, 0.2) is 218 Å². The van der Waals surface area contributed by atoms with Crippen molar-refractivity contribution in [1.29, 1.82) is 0 Å². The van der Waals surface area contributed by atoms with E-state index in [0.29, 0.717) is 5.75 Å². The van der Waals surface area contributed by atoms with Crippen LogP contribution in [0.5, 0.6) is 11.5 Å². The Hall–Kier alpha value is -7.98. The van der Waals surface area contributed by atoms with Crippen LogP contribution in [0.3, 0.4) is 0 Å². The maximum absolute atomic E-state index is 9.44. The molecule has 0 saturated carbocycles. The van der Waals surface area contributed by atoms with Gasteiger partial charge in [0.2, 0.25) is 0 Å². The van der Waals surface area contributed by atoms with Crippen LogP contribution in [0.4, 0.5) is 22.7 Å². The fraction of sp³-hybridized carbons (Fsp3) is 0.0769. The van der Waals surface area contributed by atoms with E-state index in [-0.39, 0.29) is 56.0 Å². The number of hydrogen-bond acceptors (Lipinski definition) is 4. The maximum atomic E-state index is 9.44. The van der Waals surface area contributed by atoms with Crippen LogP contribution in [-0.4, -0.2) is 9.55 Å². The monoisotopic (exact) mass is 1100 g/mol. The van der Waals surface area contributed by atoms with Gasteiger partial charge in [-0.05, 0) is 78.1 Å². The number of aromatic nitrogens is 2. The summed E-state index contributed by atoms with van der Waals surface area (Å²) in [6.07, 6.45) is 1.94. The second-order valence-electron chi connectivity index (χ2n) is 18.7. The number of nitrogens with zero attached hydrogens (tertiary/aromatic N) is 4. The molecule has 5 nitrogen and oxygen atoms in total. The zero-order chi connectivity index (χ0) is 50.0. The van der Waals surface area contributed by atoms with E-state index >= 15 is 0 Å². The van der Waals surface area contributed by atoms with Crippen molar-refractivity contribution >= 4 is 44.6 Å². The van der Waals surface area contributed by atoms with Crippen LogP contribution < -0.4 is 14.5 Å². The van der Waals surface area contributed by atoms with Crippen molar-refractivity contribution in [3.63, 3.8) is 0 Å². The molecule has 348 valence electrons. The molecule has 0 bridgehead atoms. The van der Waals surface area contributed by atoms with Crippen LogP contribution in [0, 0.1) is 25.7 Å². The smallest absolute Gasteiger partial charge is 0.135 e. The van der Waals surface area contributed by atoms with Gasteiger partial charge in [-0.2, -0.15) is 6.04 Å². The Morgan fingerprint density at radius 3 is 1.77 bits per heavy atom. The summed E-state index contributed by atoms with van der Waals surface area (Å²) in [7, 11) is 0. The normalized spacial score (nSPS) is 12.9. The van der Waals surface area contributed by atoms with E-state index in [1.165, 1.54) is 5.56 Å². The molecule has 0 radical (unpaired) electrons. The molecule has 1 aliphatic heterocycles. The van der Waals surface area contributed by atoms with Gasteiger partial charge in [0.15, 0.2) is 0 Å². The van der Waals surface area contributed by atoms with Crippen molar-refractivity contribution in [3.8, 4) is 61.8 Å². The first-order valence-electron chi connectivity index (χ1n) is 25.1. The molecule has 71 heavy (non-hydrogen) atoms. The molecule has 12 rings (SSSR count). The summed E-state index contributed by atoms with van der Waals surface area (Å²) in [5.41, 5.74) is 15.1. The van der Waals surface area contributed by atoms with Crippen molar-refractivity contribution in [1.82, 2.24) is 9.55 Å². The van der Waals surface area contributed by atoms with Crippen molar-refractivity contribution in [3.05, 3.63) is 248 Å². The minimum atomic E-state index is -0.283. The van der Waals surface area contributed by atoms with E-state index in [1.54, 1.807) is 0 Å². The van der Waals surface area contributed by atoms with Gasteiger partial charge in [-0.1, -0.05) is 195 Å².